The molecule has 0 heterocycles. The molecule has 0 spiro atoms. The Labute approximate surface area is 289 Å². The minimum atomic E-state index is -0.738. The van der Waals surface area contributed by atoms with Crippen LogP contribution in [0, 0.1) is 23.3 Å². The molecule has 0 saturated carbocycles. The van der Waals surface area contributed by atoms with Crippen LogP contribution in [0.2, 0.25) is 0 Å². The normalized spacial score (nSPS) is 11.2. The third-order valence-corrected chi connectivity index (χ3v) is 6.29. The number of para-hydroxylation sites is 4. The zero-order chi connectivity index (χ0) is 31.2. The molecular weight excluding hydrogens is 663 g/mol. The first-order valence-electron chi connectivity index (χ1n) is 13.2. The van der Waals surface area contributed by atoms with Crippen molar-refractivity contribution in [1.29, 1.82) is 0 Å². The first-order valence-corrected chi connectivity index (χ1v) is 13.2. The van der Waals surface area contributed by atoms with Gasteiger partial charge in [-0.1, -0.05) is 77.9 Å². The summed E-state index contributed by atoms with van der Waals surface area (Å²) in [4.78, 5) is 7.65. The van der Waals surface area contributed by atoms with Crippen LogP contribution in [0.25, 0.3) is 0 Å². The summed E-state index contributed by atoms with van der Waals surface area (Å²) in [6.45, 7) is 11.8. The van der Waals surface area contributed by atoms with E-state index in [9.17, 15) is 27.8 Å². The predicted molar refractivity (Wildman–Crippen MR) is 175 cm³/mol. The molecule has 4 aromatic rings. The number of halogens is 6. The molecule has 0 unspecified atom stereocenters. The number of phenolic OH excluding ortho intramolecular Hbond substituents is 2. The van der Waals surface area contributed by atoms with E-state index in [2.05, 4.69) is 9.98 Å². The standard InChI is InChI=1S/2C17H17F2NO.2ClH.Ti/c2*1-17(2,3)12-7-4-6-11(16(12)21)10-20-15-13(18)8-5-9-14(15)19;;;/h2*4-10,21H,1-3H3;2*1H;. The zero-order valence-electron chi connectivity index (χ0n) is 25.7. The van der Waals surface area contributed by atoms with Crippen LogP contribution in [0.3, 0.4) is 0 Å². The molecule has 2 N–H and O–H groups in total. The summed E-state index contributed by atoms with van der Waals surface area (Å²) in [5, 5.41) is 20.5. The van der Waals surface area contributed by atoms with E-state index in [1.165, 1.54) is 24.6 Å². The van der Waals surface area contributed by atoms with Crippen LogP contribution < -0.4 is 0 Å². The Bertz CT molecular complexity index is 1470. The van der Waals surface area contributed by atoms with Gasteiger partial charge in [0.1, 0.15) is 22.9 Å². The molecule has 0 bridgehead atoms. The molecule has 45 heavy (non-hydrogen) atoms. The van der Waals surface area contributed by atoms with Crippen LogP contribution in [0.15, 0.2) is 82.8 Å². The van der Waals surface area contributed by atoms with Gasteiger partial charge in [-0.15, -0.1) is 24.8 Å². The minimum Gasteiger partial charge on any atom is -0.507 e. The van der Waals surface area contributed by atoms with Gasteiger partial charge in [-0.2, -0.15) is 0 Å². The molecule has 0 aliphatic heterocycles. The van der Waals surface area contributed by atoms with E-state index >= 15 is 0 Å². The summed E-state index contributed by atoms with van der Waals surface area (Å²) >= 11 is 0. The number of phenols is 2. The van der Waals surface area contributed by atoms with E-state index in [4.69, 9.17) is 0 Å². The Kier molecular flexibility index (Phi) is 16.3. The third kappa shape index (κ3) is 11.0. The number of hydrogen-bond donors (Lipinski definition) is 2. The second kappa shape index (κ2) is 17.5. The first kappa shape index (κ1) is 41.8. The predicted octanol–water partition coefficient (Wildman–Crippen LogP) is 10.3. The molecule has 0 saturated heterocycles. The molecule has 0 amide bonds. The van der Waals surface area contributed by atoms with Gasteiger partial charge in [0.2, 0.25) is 0 Å². The fourth-order valence-corrected chi connectivity index (χ4v) is 4.03. The first-order chi connectivity index (χ1) is 19.6. The van der Waals surface area contributed by atoms with Crippen molar-refractivity contribution in [2.75, 3.05) is 0 Å². The number of aliphatic imine (C=N–C) groups is 2. The summed E-state index contributed by atoms with van der Waals surface area (Å²) in [6.07, 6.45) is 2.54. The number of rotatable bonds is 4. The Morgan fingerprint density at radius 3 is 1.04 bits per heavy atom. The van der Waals surface area contributed by atoms with Crippen LogP contribution >= 0.6 is 24.8 Å². The van der Waals surface area contributed by atoms with Crippen molar-refractivity contribution in [3.8, 4) is 11.5 Å². The molecular formula is C34H36Cl2F4N2O2Ti. The topological polar surface area (TPSA) is 65.2 Å². The fraction of sp³-hybridized carbons (Fsp3) is 0.235. The second-order valence-corrected chi connectivity index (χ2v) is 11.6. The maximum atomic E-state index is 13.5. The summed E-state index contributed by atoms with van der Waals surface area (Å²) in [6, 6.07) is 17.6. The maximum Gasteiger partial charge on any atom is 0.151 e. The molecule has 4 nitrogen and oxygen atoms in total. The van der Waals surface area contributed by atoms with Gasteiger partial charge in [-0.3, -0.25) is 0 Å². The number of nitrogens with zero attached hydrogens (tertiary/aromatic N) is 2. The van der Waals surface area contributed by atoms with E-state index < -0.39 is 23.3 Å². The van der Waals surface area contributed by atoms with Gasteiger partial charge in [-0.25, -0.2) is 27.5 Å². The van der Waals surface area contributed by atoms with Gasteiger partial charge < -0.3 is 10.2 Å². The summed E-state index contributed by atoms with van der Waals surface area (Å²) < 4.78 is 54.0. The average Bonchev–Trinajstić information content (AvgIpc) is 2.89. The largest absolute Gasteiger partial charge is 0.507 e. The Hall–Kier alpha value is -3.17. The average molecular weight is 699 g/mol. The van der Waals surface area contributed by atoms with E-state index in [0.717, 1.165) is 35.4 Å². The molecule has 4 aromatic carbocycles. The van der Waals surface area contributed by atoms with Crippen molar-refractivity contribution < 1.29 is 49.5 Å². The van der Waals surface area contributed by atoms with Gasteiger partial charge in [0.15, 0.2) is 23.3 Å². The number of benzene rings is 4. The monoisotopic (exact) mass is 698 g/mol. The van der Waals surface area contributed by atoms with Gasteiger partial charge in [0.25, 0.3) is 0 Å². The number of hydrogen-bond acceptors (Lipinski definition) is 4. The van der Waals surface area contributed by atoms with Crippen molar-refractivity contribution in [3.63, 3.8) is 0 Å². The van der Waals surface area contributed by atoms with Crippen molar-refractivity contribution in [1.82, 2.24) is 0 Å². The van der Waals surface area contributed by atoms with E-state index in [1.54, 1.807) is 24.3 Å². The molecule has 0 radical (unpaired) electrons. The van der Waals surface area contributed by atoms with Crippen LogP contribution in [0.4, 0.5) is 28.9 Å². The van der Waals surface area contributed by atoms with Crippen molar-refractivity contribution in [2.24, 2.45) is 9.98 Å². The SMILES string of the molecule is CC(C)(C)c1cccc(C=Nc2c(F)cccc2F)c1O.CC(C)(C)c1cccc(C=Nc2c(F)cccc2F)c1O.Cl.Cl.[Ti]. The molecule has 4 rings (SSSR count). The van der Waals surface area contributed by atoms with Crippen LogP contribution in [-0.4, -0.2) is 22.6 Å². The summed E-state index contributed by atoms with van der Waals surface area (Å²) in [7, 11) is 0. The van der Waals surface area contributed by atoms with E-state index in [0.29, 0.717) is 11.1 Å². The summed E-state index contributed by atoms with van der Waals surface area (Å²) in [5.41, 5.74) is 1.14. The van der Waals surface area contributed by atoms with Gasteiger partial charge in [-0.05, 0) is 58.4 Å². The molecule has 0 aromatic heterocycles. The maximum absolute atomic E-state index is 13.5. The molecule has 11 heteroatoms. The van der Waals surface area contributed by atoms with Crippen molar-refractivity contribution in [2.45, 2.75) is 52.4 Å². The molecule has 0 aliphatic rings. The quantitative estimate of drug-likeness (QED) is 0.127. The second-order valence-electron chi connectivity index (χ2n) is 11.6. The Morgan fingerprint density at radius 2 is 0.778 bits per heavy atom. The zero-order valence-corrected chi connectivity index (χ0v) is 28.9. The van der Waals surface area contributed by atoms with Crippen molar-refractivity contribution >= 4 is 48.6 Å². The van der Waals surface area contributed by atoms with Gasteiger partial charge in [0, 0.05) is 45.3 Å². The van der Waals surface area contributed by atoms with Crippen LogP contribution in [0.5, 0.6) is 11.5 Å². The number of aromatic hydroxyl groups is 2. The smallest absolute Gasteiger partial charge is 0.151 e. The van der Waals surface area contributed by atoms with Gasteiger partial charge >= 0.3 is 0 Å². The van der Waals surface area contributed by atoms with E-state index in [1.807, 2.05) is 53.7 Å². The van der Waals surface area contributed by atoms with Gasteiger partial charge in [0.05, 0.1) is 0 Å². The molecule has 0 atom stereocenters. The molecule has 0 aliphatic carbocycles. The molecule has 240 valence electrons. The van der Waals surface area contributed by atoms with Crippen LogP contribution in [0.1, 0.15) is 63.8 Å². The third-order valence-electron chi connectivity index (χ3n) is 6.29. The van der Waals surface area contributed by atoms with Crippen molar-refractivity contribution in [3.05, 3.63) is 118 Å². The summed E-state index contributed by atoms with van der Waals surface area (Å²) in [5.74, 6) is -2.80. The minimum absolute atomic E-state index is 0. The Morgan fingerprint density at radius 1 is 0.511 bits per heavy atom. The van der Waals surface area contributed by atoms with Crippen LogP contribution in [-0.2, 0) is 32.5 Å². The fourth-order valence-electron chi connectivity index (χ4n) is 4.03. The van der Waals surface area contributed by atoms with E-state index in [-0.39, 0.29) is 80.2 Å². The molecule has 0 fully saturated rings. The Balaban J connectivity index is 0.000000807.